The maximum Gasteiger partial charge on any atom is 0.227 e. The molecule has 0 spiro atoms. The minimum Gasteiger partial charge on any atom is -0.490 e. The van der Waals surface area contributed by atoms with E-state index >= 15 is 0 Å². The summed E-state index contributed by atoms with van der Waals surface area (Å²) in [6.07, 6.45) is 0.855. The molecule has 0 bridgehead atoms. The summed E-state index contributed by atoms with van der Waals surface area (Å²) in [5, 5.41) is 0.115. The van der Waals surface area contributed by atoms with Crippen LogP contribution in [0.3, 0.4) is 0 Å². The first-order chi connectivity index (χ1) is 9.22. The Labute approximate surface area is 119 Å². The summed E-state index contributed by atoms with van der Waals surface area (Å²) in [7, 11) is 0. The lowest BCUT2D eigenvalue weighted by Crippen LogP contribution is -1.97. The van der Waals surface area contributed by atoms with Gasteiger partial charge in [0.05, 0.1) is 13.2 Å². The molecule has 98 valence electrons. The first kappa shape index (κ1) is 12.4. The van der Waals surface area contributed by atoms with Crippen molar-refractivity contribution in [2.45, 2.75) is 6.42 Å². The fourth-order valence-electron chi connectivity index (χ4n) is 1.76. The zero-order valence-corrected chi connectivity index (χ0v) is 11.3. The fraction of sp³-hybridized carbons (Fsp3) is 0.250. The number of nitrogens with zero attached hydrogens (tertiary/aromatic N) is 3. The number of rotatable bonds is 1. The van der Waals surface area contributed by atoms with E-state index in [9.17, 15) is 0 Å². The van der Waals surface area contributed by atoms with Crippen molar-refractivity contribution in [3.05, 3.63) is 28.8 Å². The molecule has 0 atom stereocenters. The van der Waals surface area contributed by atoms with Crippen LogP contribution in [-0.2, 0) is 0 Å². The second-order valence-corrected chi connectivity index (χ2v) is 4.59. The summed E-state index contributed by atoms with van der Waals surface area (Å²) in [5.74, 6) is 1.79. The van der Waals surface area contributed by atoms with Crippen LogP contribution in [0.2, 0.25) is 10.6 Å². The van der Waals surface area contributed by atoms with Crippen LogP contribution in [0.15, 0.2) is 18.2 Å². The van der Waals surface area contributed by atoms with Crippen molar-refractivity contribution in [1.82, 2.24) is 15.0 Å². The Bertz CT molecular complexity index is 602. The molecule has 0 saturated carbocycles. The van der Waals surface area contributed by atoms with Crippen LogP contribution < -0.4 is 9.47 Å². The maximum atomic E-state index is 5.77. The lowest BCUT2D eigenvalue weighted by atomic mass is 10.2. The number of ether oxygens (including phenoxy) is 2. The molecule has 1 aromatic carbocycles. The number of fused-ring (bicyclic) bond motifs is 1. The Morgan fingerprint density at radius 2 is 1.58 bits per heavy atom. The van der Waals surface area contributed by atoms with Gasteiger partial charge in [0.15, 0.2) is 17.3 Å². The molecule has 0 N–H and O–H groups in total. The van der Waals surface area contributed by atoms with Gasteiger partial charge in [-0.1, -0.05) is 0 Å². The molecule has 0 amide bonds. The average Bonchev–Trinajstić information content (AvgIpc) is 2.61. The quantitative estimate of drug-likeness (QED) is 0.810. The van der Waals surface area contributed by atoms with Gasteiger partial charge in [-0.15, -0.1) is 0 Å². The van der Waals surface area contributed by atoms with Gasteiger partial charge in [0.2, 0.25) is 10.6 Å². The van der Waals surface area contributed by atoms with Gasteiger partial charge in [-0.25, -0.2) is 0 Å². The van der Waals surface area contributed by atoms with Crippen molar-refractivity contribution in [1.29, 1.82) is 0 Å². The summed E-state index contributed by atoms with van der Waals surface area (Å²) in [6, 6.07) is 5.46. The zero-order chi connectivity index (χ0) is 13.2. The van der Waals surface area contributed by atoms with Crippen LogP contribution in [0.25, 0.3) is 11.4 Å². The molecule has 19 heavy (non-hydrogen) atoms. The smallest absolute Gasteiger partial charge is 0.227 e. The third-order valence-corrected chi connectivity index (χ3v) is 2.92. The number of halogens is 2. The fourth-order valence-corrected chi connectivity index (χ4v) is 2.12. The second-order valence-electron chi connectivity index (χ2n) is 3.91. The molecule has 1 aliphatic rings. The van der Waals surface area contributed by atoms with Crippen LogP contribution in [-0.4, -0.2) is 28.2 Å². The molecular weight excluding hydrogens is 289 g/mol. The number of benzene rings is 1. The third-order valence-electron chi connectivity index (χ3n) is 2.59. The van der Waals surface area contributed by atoms with Gasteiger partial charge in [0, 0.05) is 12.0 Å². The molecule has 2 aromatic rings. The summed E-state index contributed by atoms with van der Waals surface area (Å²) in [5.41, 5.74) is 0.746. The standard InChI is InChI=1S/C12H9Cl2N3O2/c13-11-15-10(16-12(14)17-11)7-2-3-8-9(6-7)19-5-1-4-18-8/h2-3,6H,1,4-5H2. The molecule has 0 unspecified atom stereocenters. The van der Waals surface area contributed by atoms with Crippen molar-refractivity contribution >= 4 is 23.2 Å². The van der Waals surface area contributed by atoms with Crippen LogP contribution in [0, 0.1) is 0 Å². The largest absolute Gasteiger partial charge is 0.490 e. The van der Waals surface area contributed by atoms with E-state index in [4.69, 9.17) is 32.7 Å². The molecule has 2 heterocycles. The molecule has 5 nitrogen and oxygen atoms in total. The van der Waals surface area contributed by atoms with E-state index in [2.05, 4.69) is 15.0 Å². The van der Waals surface area contributed by atoms with E-state index < -0.39 is 0 Å². The van der Waals surface area contributed by atoms with Gasteiger partial charge >= 0.3 is 0 Å². The van der Waals surface area contributed by atoms with Crippen molar-refractivity contribution in [2.24, 2.45) is 0 Å². The molecule has 1 aromatic heterocycles. The molecule has 1 aliphatic heterocycles. The SMILES string of the molecule is Clc1nc(Cl)nc(-c2ccc3c(c2)OCCCO3)n1. The van der Waals surface area contributed by atoms with Crippen LogP contribution >= 0.6 is 23.2 Å². The second kappa shape index (κ2) is 5.19. The lowest BCUT2D eigenvalue weighted by molar-refractivity contribution is 0.297. The highest BCUT2D eigenvalue weighted by molar-refractivity contribution is 6.31. The van der Waals surface area contributed by atoms with Crippen LogP contribution in [0.1, 0.15) is 6.42 Å². The van der Waals surface area contributed by atoms with Gasteiger partial charge in [0.25, 0.3) is 0 Å². The summed E-state index contributed by atoms with van der Waals surface area (Å²) >= 11 is 11.5. The van der Waals surface area contributed by atoms with E-state index in [1.807, 2.05) is 18.2 Å². The van der Waals surface area contributed by atoms with E-state index in [-0.39, 0.29) is 10.6 Å². The molecule has 0 saturated heterocycles. The normalized spacial score (nSPS) is 14.0. The van der Waals surface area contributed by atoms with Crippen molar-refractivity contribution in [3.63, 3.8) is 0 Å². The van der Waals surface area contributed by atoms with Gasteiger partial charge in [0.1, 0.15) is 0 Å². The van der Waals surface area contributed by atoms with E-state index in [0.29, 0.717) is 30.5 Å². The highest BCUT2D eigenvalue weighted by Gasteiger charge is 2.13. The van der Waals surface area contributed by atoms with Crippen LogP contribution in [0.5, 0.6) is 11.5 Å². The van der Waals surface area contributed by atoms with Crippen molar-refractivity contribution < 1.29 is 9.47 Å². The minimum absolute atomic E-state index is 0.0575. The Morgan fingerprint density at radius 3 is 2.32 bits per heavy atom. The average molecular weight is 298 g/mol. The van der Waals surface area contributed by atoms with E-state index in [0.717, 1.165) is 12.0 Å². The predicted octanol–water partition coefficient (Wildman–Crippen LogP) is 3.01. The van der Waals surface area contributed by atoms with E-state index in [1.165, 1.54) is 0 Å². The Morgan fingerprint density at radius 1 is 0.895 bits per heavy atom. The first-order valence-corrected chi connectivity index (χ1v) is 6.45. The number of hydrogen-bond donors (Lipinski definition) is 0. The Balaban J connectivity index is 2.03. The van der Waals surface area contributed by atoms with Gasteiger partial charge in [-0.3, -0.25) is 0 Å². The Hall–Kier alpha value is -1.59. The van der Waals surface area contributed by atoms with Crippen LogP contribution in [0.4, 0.5) is 0 Å². The summed E-state index contributed by atoms with van der Waals surface area (Å²) in [4.78, 5) is 11.8. The molecule has 0 radical (unpaired) electrons. The monoisotopic (exact) mass is 297 g/mol. The molecule has 0 fully saturated rings. The third kappa shape index (κ3) is 2.72. The van der Waals surface area contributed by atoms with Gasteiger partial charge in [-0.05, 0) is 41.4 Å². The topological polar surface area (TPSA) is 57.1 Å². The number of aromatic nitrogens is 3. The minimum atomic E-state index is 0.0575. The van der Waals surface area contributed by atoms with Gasteiger partial charge in [-0.2, -0.15) is 15.0 Å². The molecule has 0 aliphatic carbocycles. The molecular formula is C12H9Cl2N3O2. The summed E-state index contributed by atoms with van der Waals surface area (Å²) < 4.78 is 11.2. The summed E-state index contributed by atoms with van der Waals surface area (Å²) in [6.45, 7) is 1.27. The molecule has 3 rings (SSSR count). The first-order valence-electron chi connectivity index (χ1n) is 5.69. The van der Waals surface area contributed by atoms with E-state index in [1.54, 1.807) is 0 Å². The van der Waals surface area contributed by atoms with Gasteiger partial charge < -0.3 is 9.47 Å². The maximum absolute atomic E-state index is 5.77. The zero-order valence-electron chi connectivity index (χ0n) is 9.77. The van der Waals surface area contributed by atoms with Crippen molar-refractivity contribution in [2.75, 3.05) is 13.2 Å². The Kier molecular flexibility index (Phi) is 3.40. The van der Waals surface area contributed by atoms with Crippen molar-refractivity contribution in [3.8, 4) is 22.9 Å². The highest BCUT2D eigenvalue weighted by atomic mass is 35.5. The lowest BCUT2D eigenvalue weighted by Gasteiger charge is -2.08. The highest BCUT2D eigenvalue weighted by Crippen LogP contribution is 2.33. The predicted molar refractivity (Wildman–Crippen MR) is 70.9 cm³/mol. The molecule has 7 heteroatoms. The number of hydrogen-bond acceptors (Lipinski definition) is 5.